The number of nitrogens with one attached hydrogen (secondary N) is 1. The molecule has 1 aliphatic carbocycles. The molecule has 4 unspecified atom stereocenters. The third-order valence-electron chi connectivity index (χ3n) is 5.94. The maximum Gasteiger partial charge on any atom is 0.326 e. The van der Waals surface area contributed by atoms with Gasteiger partial charge in [0.15, 0.2) is 0 Å². The third kappa shape index (κ3) is 2.71. The number of fused-ring (bicyclic) bond motifs is 3. The summed E-state index contributed by atoms with van der Waals surface area (Å²) in [5, 5.41) is 12.7. The van der Waals surface area contributed by atoms with Gasteiger partial charge in [-0.25, -0.2) is 4.79 Å². The zero-order chi connectivity index (χ0) is 17.6. The minimum atomic E-state index is -0.813. The lowest BCUT2D eigenvalue weighted by Gasteiger charge is -2.36. The van der Waals surface area contributed by atoms with Crippen LogP contribution in [0.1, 0.15) is 54.4 Å². The highest BCUT2D eigenvalue weighted by atomic mass is 16.4. The molecular weight excluding hydrogens is 316 g/mol. The van der Waals surface area contributed by atoms with Crippen LogP contribution in [0.15, 0.2) is 30.4 Å². The monoisotopic (exact) mass is 340 g/mol. The second-order valence-corrected chi connectivity index (χ2v) is 7.46. The van der Waals surface area contributed by atoms with Gasteiger partial charge in [-0.1, -0.05) is 12.2 Å². The van der Waals surface area contributed by atoms with Crippen molar-refractivity contribution in [2.75, 3.05) is 11.9 Å². The summed E-state index contributed by atoms with van der Waals surface area (Å²) in [5.74, 6) is -0.631. The van der Waals surface area contributed by atoms with Gasteiger partial charge in [0.25, 0.3) is 5.91 Å². The maximum atomic E-state index is 13.0. The number of rotatable bonds is 2. The van der Waals surface area contributed by atoms with Crippen molar-refractivity contribution in [2.24, 2.45) is 5.92 Å². The standard InChI is InChI=1S/C20H24N2O3/c1-12-5-2-3-10-22(12)19(23)13-8-9-17-16(11-13)14-6-4-7-15(14)18(21-17)20(24)25/h4,6,8-9,11-12,14-15,18,21H,2-3,5,7,10H2,1H3,(H,24,25). The molecule has 4 atom stereocenters. The number of nitrogens with zero attached hydrogens (tertiary/aromatic N) is 1. The van der Waals surface area contributed by atoms with E-state index >= 15 is 0 Å². The molecule has 1 saturated heterocycles. The summed E-state index contributed by atoms with van der Waals surface area (Å²) in [5.41, 5.74) is 2.59. The first kappa shape index (κ1) is 16.2. The average molecular weight is 340 g/mol. The molecule has 2 N–H and O–H groups in total. The van der Waals surface area contributed by atoms with Crippen LogP contribution in [-0.4, -0.2) is 40.5 Å². The molecule has 2 aliphatic heterocycles. The van der Waals surface area contributed by atoms with E-state index in [1.54, 1.807) is 0 Å². The van der Waals surface area contributed by atoms with E-state index in [9.17, 15) is 14.7 Å². The summed E-state index contributed by atoms with van der Waals surface area (Å²) >= 11 is 0. The minimum Gasteiger partial charge on any atom is -0.480 e. The summed E-state index contributed by atoms with van der Waals surface area (Å²) in [6, 6.07) is 5.38. The van der Waals surface area contributed by atoms with Gasteiger partial charge in [-0.15, -0.1) is 0 Å². The first-order valence-electron chi connectivity index (χ1n) is 9.17. The number of carboxylic acid groups (broad SMARTS) is 1. The van der Waals surface area contributed by atoms with E-state index in [-0.39, 0.29) is 23.8 Å². The fraction of sp³-hybridized carbons (Fsp3) is 0.500. The van der Waals surface area contributed by atoms with Crippen molar-refractivity contribution < 1.29 is 14.7 Å². The normalized spacial score (nSPS) is 30.4. The number of carboxylic acids is 1. The fourth-order valence-corrected chi connectivity index (χ4v) is 4.54. The van der Waals surface area contributed by atoms with Gasteiger partial charge in [0.05, 0.1) is 0 Å². The van der Waals surface area contributed by atoms with Gasteiger partial charge in [-0.3, -0.25) is 4.79 Å². The summed E-state index contributed by atoms with van der Waals surface area (Å²) in [6.45, 7) is 2.94. The van der Waals surface area contributed by atoms with Crippen LogP contribution in [0, 0.1) is 5.92 Å². The lowest BCUT2D eigenvalue weighted by molar-refractivity contribution is -0.139. The molecule has 0 aromatic heterocycles. The van der Waals surface area contributed by atoms with Gasteiger partial charge >= 0.3 is 5.97 Å². The van der Waals surface area contributed by atoms with Crippen LogP contribution < -0.4 is 5.32 Å². The molecule has 132 valence electrons. The van der Waals surface area contributed by atoms with Gasteiger partial charge in [0, 0.05) is 35.7 Å². The quantitative estimate of drug-likeness (QED) is 0.811. The van der Waals surface area contributed by atoms with E-state index < -0.39 is 12.0 Å². The Hall–Kier alpha value is -2.30. The van der Waals surface area contributed by atoms with Crippen LogP contribution in [-0.2, 0) is 4.79 Å². The van der Waals surface area contributed by atoms with Crippen molar-refractivity contribution in [3.63, 3.8) is 0 Å². The minimum absolute atomic E-state index is 0.0178. The number of amides is 1. The van der Waals surface area contributed by atoms with E-state index in [0.29, 0.717) is 5.56 Å². The molecule has 5 heteroatoms. The summed E-state index contributed by atoms with van der Waals surface area (Å²) < 4.78 is 0. The lowest BCUT2D eigenvalue weighted by Crippen LogP contribution is -2.43. The van der Waals surface area contributed by atoms with E-state index in [1.807, 2.05) is 23.1 Å². The molecule has 25 heavy (non-hydrogen) atoms. The molecule has 2 heterocycles. The number of anilines is 1. The predicted molar refractivity (Wildman–Crippen MR) is 95.8 cm³/mol. The van der Waals surface area contributed by atoms with Gasteiger partial charge in [-0.2, -0.15) is 0 Å². The molecule has 0 saturated carbocycles. The number of carbonyl (C=O) groups is 2. The zero-order valence-electron chi connectivity index (χ0n) is 14.4. The molecule has 5 nitrogen and oxygen atoms in total. The number of benzene rings is 1. The van der Waals surface area contributed by atoms with Crippen molar-refractivity contribution >= 4 is 17.6 Å². The maximum absolute atomic E-state index is 13.0. The zero-order valence-corrected chi connectivity index (χ0v) is 14.4. The van der Waals surface area contributed by atoms with Crippen LogP contribution >= 0.6 is 0 Å². The first-order valence-corrected chi connectivity index (χ1v) is 9.17. The fourth-order valence-electron chi connectivity index (χ4n) is 4.54. The Kier molecular flexibility index (Phi) is 4.02. The number of aliphatic carboxylic acids is 1. The SMILES string of the molecule is CC1CCCCN1C(=O)c1ccc2c(c1)C1C=CCC1C(C(=O)O)N2. The third-order valence-corrected chi connectivity index (χ3v) is 5.94. The molecular formula is C20H24N2O3. The van der Waals surface area contributed by atoms with Crippen LogP contribution in [0.25, 0.3) is 0 Å². The summed E-state index contributed by atoms with van der Waals surface area (Å²) in [6.07, 6.45) is 8.23. The molecule has 0 bridgehead atoms. The molecule has 0 radical (unpaired) electrons. The van der Waals surface area contributed by atoms with E-state index in [4.69, 9.17) is 0 Å². The summed E-state index contributed by atoms with van der Waals surface area (Å²) in [7, 11) is 0. The Labute approximate surface area is 147 Å². The second-order valence-electron chi connectivity index (χ2n) is 7.46. The molecule has 1 fully saturated rings. The molecule has 1 aromatic carbocycles. The molecule has 1 amide bonds. The average Bonchev–Trinajstić information content (AvgIpc) is 3.10. The van der Waals surface area contributed by atoms with Crippen molar-refractivity contribution in [3.05, 3.63) is 41.5 Å². The van der Waals surface area contributed by atoms with Gasteiger partial charge in [0.2, 0.25) is 0 Å². The molecule has 1 aromatic rings. The van der Waals surface area contributed by atoms with Crippen LogP contribution in [0.5, 0.6) is 0 Å². The van der Waals surface area contributed by atoms with Crippen LogP contribution in [0.2, 0.25) is 0 Å². The largest absolute Gasteiger partial charge is 0.480 e. The van der Waals surface area contributed by atoms with E-state index in [2.05, 4.69) is 24.4 Å². The Balaban J connectivity index is 1.66. The number of hydrogen-bond acceptors (Lipinski definition) is 3. The predicted octanol–water partition coefficient (Wildman–Crippen LogP) is 3.24. The van der Waals surface area contributed by atoms with E-state index in [0.717, 1.165) is 37.1 Å². The topological polar surface area (TPSA) is 69.6 Å². The smallest absolute Gasteiger partial charge is 0.326 e. The Morgan fingerprint density at radius 2 is 2.12 bits per heavy atom. The van der Waals surface area contributed by atoms with Crippen molar-refractivity contribution in [3.8, 4) is 0 Å². The Bertz CT molecular complexity index is 742. The number of allylic oxidation sites excluding steroid dienone is 2. The van der Waals surface area contributed by atoms with Gasteiger partial charge < -0.3 is 15.3 Å². The number of likely N-dealkylation sites (tertiary alicyclic amines) is 1. The van der Waals surface area contributed by atoms with E-state index in [1.165, 1.54) is 6.42 Å². The Morgan fingerprint density at radius 1 is 1.28 bits per heavy atom. The van der Waals surface area contributed by atoms with Crippen molar-refractivity contribution in [1.29, 1.82) is 0 Å². The first-order chi connectivity index (χ1) is 12.1. The second kappa shape index (κ2) is 6.21. The number of piperidine rings is 1. The lowest BCUT2D eigenvalue weighted by atomic mass is 9.79. The summed E-state index contributed by atoms with van der Waals surface area (Å²) in [4.78, 5) is 26.5. The highest BCUT2D eigenvalue weighted by Gasteiger charge is 2.41. The molecule has 0 spiro atoms. The van der Waals surface area contributed by atoms with Crippen molar-refractivity contribution in [2.45, 2.75) is 50.6 Å². The number of carbonyl (C=O) groups excluding carboxylic acids is 1. The van der Waals surface area contributed by atoms with Crippen molar-refractivity contribution in [1.82, 2.24) is 4.90 Å². The highest BCUT2D eigenvalue weighted by molar-refractivity contribution is 5.95. The van der Waals surface area contributed by atoms with Gasteiger partial charge in [0.1, 0.15) is 6.04 Å². The highest BCUT2D eigenvalue weighted by Crippen LogP contribution is 2.45. The van der Waals surface area contributed by atoms with Gasteiger partial charge in [-0.05, 0) is 56.4 Å². The number of hydrogen-bond donors (Lipinski definition) is 2. The Morgan fingerprint density at radius 3 is 2.88 bits per heavy atom. The molecule has 4 rings (SSSR count). The van der Waals surface area contributed by atoms with Crippen LogP contribution in [0.3, 0.4) is 0 Å². The van der Waals surface area contributed by atoms with Crippen LogP contribution in [0.4, 0.5) is 5.69 Å². The molecule has 3 aliphatic rings.